The largest absolute Gasteiger partial charge is 0.386 e. The van der Waals surface area contributed by atoms with Gasteiger partial charge in [-0.2, -0.15) is 5.26 Å². The molecule has 0 aromatic carbocycles. The van der Waals surface area contributed by atoms with Gasteiger partial charge in [-0.15, -0.1) is 0 Å². The van der Waals surface area contributed by atoms with Gasteiger partial charge in [0.05, 0.1) is 30.1 Å². The summed E-state index contributed by atoms with van der Waals surface area (Å²) in [6.07, 6.45) is 7.46. The quantitative estimate of drug-likeness (QED) is 0.811. The molecule has 1 rings (SSSR count). The van der Waals surface area contributed by atoms with Crippen molar-refractivity contribution < 1.29 is 5.11 Å². The van der Waals surface area contributed by atoms with E-state index in [2.05, 4.69) is 11.1 Å². The van der Waals surface area contributed by atoms with Crippen LogP contribution in [0.4, 0.5) is 0 Å². The molecule has 15 heavy (non-hydrogen) atoms. The Morgan fingerprint density at radius 2 is 2.40 bits per heavy atom. The van der Waals surface area contributed by atoms with Crippen molar-refractivity contribution in [3.05, 3.63) is 24.3 Å². The molecular formula is C11H15N3O. The van der Waals surface area contributed by atoms with Crippen LogP contribution in [0.25, 0.3) is 6.08 Å². The van der Waals surface area contributed by atoms with E-state index in [0.717, 1.165) is 5.69 Å². The van der Waals surface area contributed by atoms with Crippen molar-refractivity contribution in [3.8, 4) is 6.07 Å². The maximum atomic E-state index is 9.46. The number of aromatic nitrogens is 2. The number of nitrogens with zero attached hydrogens (tertiary/aromatic N) is 3. The fraction of sp³-hybridized carbons (Fsp3) is 0.455. The number of hydrogen-bond donors (Lipinski definition) is 1. The first-order valence-corrected chi connectivity index (χ1v) is 4.81. The van der Waals surface area contributed by atoms with E-state index >= 15 is 0 Å². The fourth-order valence-corrected chi connectivity index (χ4v) is 1.05. The van der Waals surface area contributed by atoms with Crippen LogP contribution in [0, 0.1) is 11.3 Å². The van der Waals surface area contributed by atoms with E-state index in [4.69, 9.17) is 5.26 Å². The molecule has 4 heteroatoms. The molecule has 0 amide bonds. The SMILES string of the molecule is CC(C)(O)/C=C/c1cn(CCC#N)cn1. The highest BCUT2D eigenvalue weighted by Crippen LogP contribution is 2.07. The summed E-state index contributed by atoms with van der Waals surface area (Å²) in [5.74, 6) is 0. The Kier molecular flexibility index (Phi) is 3.64. The van der Waals surface area contributed by atoms with Crippen molar-refractivity contribution in [3.63, 3.8) is 0 Å². The van der Waals surface area contributed by atoms with Crippen molar-refractivity contribution in [2.24, 2.45) is 0 Å². The molecule has 1 N–H and O–H groups in total. The minimum Gasteiger partial charge on any atom is -0.386 e. The molecule has 1 aromatic rings. The van der Waals surface area contributed by atoms with Crippen molar-refractivity contribution in [2.45, 2.75) is 32.4 Å². The lowest BCUT2D eigenvalue weighted by Crippen LogP contribution is -2.13. The molecular weight excluding hydrogens is 190 g/mol. The lowest BCUT2D eigenvalue weighted by Gasteiger charge is -2.09. The van der Waals surface area contributed by atoms with Crippen LogP contribution in [0.3, 0.4) is 0 Å². The lowest BCUT2D eigenvalue weighted by molar-refractivity contribution is 0.134. The van der Waals surface area contributed by atoms with Gasteiger partial charge in [-0.3, -0.25) is 0 Å². The maximum Gasteiger partial charge on any atom is 0.0953 e. The highest BCUT2D eigenvalue weighted by atomic mass is 16.3. The van der Waals surface area contributed by atoms with Gasteiger partial charge < -0.3 is 9.67 Å². The number of hydrogen-bond acceptors (Lipinski definition) is 3. The average Bonchev–Trinajstić information content (AvgIpc) is 2.58. The first-order valence-electron chi connectivity index (χ1n) is 4.81. The number of nitriles is 1. The van der Waals surface area contributed by atoms with E-state index in [1.807, 2.05) is 10.8 Å². The van der Waals surface area contributed by atoms with Gasteiger partial charge in [-0.1, -0.05) is 6.08 Å². The van der Waals surface area contributed by atoms with Gasteiger partial charge in [0.15, 0.2) is 0 Å². The van der Waals surface area contributed by atoms with Gasteiger partial charge in [-0.25, -0.2) is 4.98 Å². The summed E-state index contributed by atoms with van der Waals surface area (Å²) in [7, 11) is 0. The van der Waals surface area contributed by atoms with E-state index in [-0.39, 0.29) is 0 Å². The van der Waals surface area contributed by atoms with Crippen molar-refractivity contribution in [1.29, 1.82) is 5.26 Å². The van der Waals surface area contributed by atoms with Crippen LogP contribution >= 0.6 is 0 Å². The van der Waals surface area contributed by atoms with Gasteiger partial charge in [0.2, 0.25) is 0 Å². The minimum absolute atomic E-state index is 0.477. The Morgan fingerprint density at radius 1 is 1.67 bits per heavy atom. The van der Waals surface area contributed by atoms with Gasteiger partial charge in [0.1, 0.15) is 0 Å². The molecule has 0 aliphatic heterocycles. The Morgan fingerprint density at radius 3 is 3.00 bits per heavy atom. The third kappa shape index (κ3) is 4.43. The molecule has 0 saturated carbocycles. The second-order valence-electron chi connectivity index (χ2n) is 3.93. The van der Waals surface area contributed by atoms with E-state index in [0.29, 0.717) is 13.0 Å². The maximum absolute atomic E-state index is 9.46. The Hall–Kier alpha value is -1.60. The number of rotatable bonds is 4. The van der Waals surface area contributed by atoms with Crippen LogP contribution in [0.15, 0.2) is 18.6 Å². The first-order chi connectivity index (χ1) is 7.01. The molecule has 0 atom stereocenters. The number of imidazole rings is 1. The second kappa shape index (κ2) is 4.76. The fourth-order valence-electron chi connectivity index (χ4n) is 1.05. The molecule has 0 radical (unpaired) electrons. The van der Waals surface area contributed by atoms with Gasteiger partial charge in [-0.05, 0) is 19.9 Å². The van der Waals surface area contributed by atoms with Crippen molar-refractivity contribution >= 4 is 6.08 Å². The van der Waals surface area contributed by atoms with Crippen molar-refractivity contribution in [2.75, 3.05) is 0 Å². The summed E-state index contributed by atoms with van der Waals surface area (Å²) in [6.45, 7) is 4.06. The molecule has 0 aliphatic rings. The molecule has 0 fully saturated rings. The van der Waals surface area contributed by atoms with Crippen LogP contribution in [0.1, 0.15) is 26.0 Å². The van der Waals surface area contributed by atoms with Gasteiger partial charge in [0, 0.05) is 12.7 Å². The zero-order valence-electron chi connectivity index (χ0n) is 9.01. The number of aryl methyl sites for hydroxylation is 1. The molecule has 0 saturated heterocycles. The van der Waals surface area contributed by atoms with Crippen LogP contribution in [0.5, 0.6) is 0 Å². The Balaban J connectivity index is 2.61. The predicted molar refractivity (Wildman–Crippen MR) is 57.8 cm³/mol. The zero-order valence-corrected chi connectivity index (χ0v) is 9.01. The Bertz CT molecular complexity index is 379. The van der Waals surface area contributed by atoms with E-state index in [1.54, 1.807) is 32.3 Å². The minimum atomic E-state index is -0.823. The highest BCUT2D eigenvalue weighted by Gasteiger charge is 2.06. The molecule has 0 spiro atoms. The monoisotopic (exact) mass is 205 g/mol. The Labute approximate surface area is 89.5 Å². The molecule has 0 aliphatic carbocycles. The lowest BCUT2D eigenvalue weighted by atomic mass is 10.1. The summed E-state index contributed by atoms with van der Waals surface area (Å²) in [6, 6.07) is 2.08. The summed E-state index contributed by atoms with van der Waals surface area (Å²) < 4.78 is 1.85. The third-order valence-corrected chi connectivity index (χ3v) is 1.80. The predicted octanol–water partition coefficient (Wildman–Crippen LogP) is 1.58. The van der Waals surface area contributed by atoms with Crippen molar-refractivity contribution in [1.82, 2.24) is 9.55 Å². The van der Waals surface area contributed by atoms with E-state index < -0.39 is 5.60 Å². The van der Waals surface area contributed by atoms with Crippen LogP contribution < -0.4 is 0 Å². The smallest absolute Gasteiger partial charge is 0.0953 e. The summed E-state index contributed by atoms with van der Waals surface area (Å²) in [4.78, 5) is 4.13. The van der Waals surface area contributed by atoms with Crippen LogP contribution in [0.2, 0.25) is 0 Å². The molecule has 0 unspecified atom stereocenters. The summed E-state index contributed by atoms with van der Waals surface area (Å²) >= 11 is 0. The van der Waals surface area contributed by atoms with E-state index in [1.165, 1.54) is 0 Å². The molecule has 1 aromatic heterocycles. The topological polar surface area (TPSA) is 61.8 Å². The van der Waals surface area contributed by atoms with Gasteiger partial charge >= 0.3 is 0 Å². The molecule has 0 bridgehead atoms. The van der Waals surface area contributed by atoms with Gasteiger partial charge in [0.25, 0.3) is 0 Å². The molecule has 4 nitrogen and oxygen atoms in total. The summed E-state index contributed by atoms with van der Waals surface area (Å²) in [5, 5.41) is 17.9. The average molecular weight is 205 g/mol. The first kappa shape index (κ1) is 11.5. The van der Waals surface area contributed by atoms with E-state index in [9.17, 15) is 5.11 Å². The van der Waals surface area contributed by atoms with Crippen LogP contribution in [-0.4, -0.2) is 20.3 Å². The zero-order chi connectivity index (χ0) is 11.3. The molecule has 1 heterocycles. The van der Waals surface area contributed by atoms with Crippen LogP contribution in [-0.2, 0) is 6.54 Å². The molecule has 80 valence electrons. The normalized spacial score (nSPS) is 11.9. The standard InChI is InChI=1S/C11H15N3O/c1-11(2,15)5-4-10-8-14(9-13-10)7-3-6-12/h4-5,8-9,15H,3,7H2,1-2H3/b5-4+. The second-order valence-corrected chi connectivity index (χ2v) is 3.93. The highest BCUT2D eigenvalue weighted by molar-refractivity contribution is 5.44. The summed E-state index contributed by atoms with van der Waals surface area (Å²) in [5.41, 5.74) is -0.0359. The third-order valence-electron chi connectivity index (χ3n) is 1.80. The number of aliphatic hydroxyl groups is 1.